The first-order chi connectivity index (χ1) is 22.1. The predicted molar refractivity (Wildman–Crippen MR) is 174 cm³/mol. The molecule has 0 saturated carbocycles. The summed E-state index contributed by atoms with van der Waals surface area (Å²) in [5.41, 5.74) is 2.87. The zero-order valence-corrected chi connectivity index (χ0v) is 28.1. The summed E-state index contributed by atoms with van der Waals surface area (Å²) >= 11 is 0. The summed E-state index contributed by atoms with van der Waals surface area (Å²) in [6, 6.07) is 10.2. The Hall–Kier alpha value is -4.48. The van der Waals surface area contributed by atoms with Crippen molar-refractivity contribution < 1.29 is 47.6 Å². The highest BCUT2D eigenvalue weighted by Gasteiger charge is 2.30. The van der Waals surface area contributed by atoms with Gasteiger partial charge in [0.05, 0.1) is 37.8 Å². The van der Waals surface area contributed by atoms with Crippen molar-refractivity contribution in [3.8, 4) is 11.5 Å². The lowest BCUT2D eigenvalue weighted by atomic mass is 10.1. The molecule has 1 unspecified atom stereocenters. The topological polar surface area (TPSA) is 130 Å². The van der Waals surface area contributed by atoms with E-state index in [9.17, 15) is 19.2 Å². The summed E-state index contributed by atoms with van der Waals surface area (Å²) in [5, 5.41) is 0. The van der Waals surface area contributed by atoms with E-state index in [0.717, 1.165) is 11.1 Å². The molecule has 0 aliphatic rings. The maximum Gasteiger partial charge on any atom is 0.328 e. The van der Waals surface area contributed by atoms with Crippen LogP contribution in [-0.2, 0) is 38.1 Å². The molecule has 0 heterocycles. The Morgan fingerprint density at radius 3 is 1.50 bits per heavy atom. The summed E-state index contributed by atoms with van der Waals surface area (Å²) in [5.74, 6) is -1.03. The molecule has 0 fully saturated rings. The van der Waals surface area contributed by atoms with Gasteiger partial charge in [-0.2, -0.15) is 0 Å². The number of carbonyl (C=O) groups is 4. The van der Waals surface area contributed by atoms with Crippen molar-refractivity contribution in [2.75, 3.05) is 69.1 Å². The summed E-state index contributed by atoms with van der Waals surface area (Å²) in [6.45, 7) is 13.0. The molecule has 0 N–H and O–H groups in total. The van der Waals surface area contributed by atoms with Crippen LogP contribution in [0.3, 0.4) is 0 Å². The quantitative estimate of drug-likeness (QED) is 0.115. The number of carbonyl (C=O) groups excluding carboxylic acids is 4. The van der Waals surface area contributed by atoms with Crippen molar-refractivity contribution in [1.29, 1.82) is 0 Å². The summed E-state index contributed by atoms with van der Waals surface area (Å²) in [6.07, 6.45) is 0.388. The van der Waals surface area contributed by atoms with E-state index in [-0.39, 0.29) is 59.3 Å². The number of esters is 4. The van der Waals surface area contributed by atoms with Gasteiger partial charge in [0.1, 0.15) is 50.4 Å². The summed E-state index contributed by atoms with van der Waals surface area (Å²) in [7, 11) is 0. The van der Waals surface area contributed by atoms with Crippen LogP contribution in [0.4, 0.5) is 11.4 Å². The fourth-order valence-electron chi connectivity index (χ4n) is 4.69. The molecule has 46 heavy (non-hydrogen) atoms. The van der Waals surface area contributed by atoms with Gasteiger partial charge in [-0.05, 0) is 83.4 Å². The number of hydrogen-bond donors (Lipinski definition) is 0. The Bertz CT molecular complexity index is 1280. The van der Waals surface area contributed by atoms with E-state index in [1.165, 1.54) is 0 Å². The molecule has 0 radical (unpaired) electrons. The van der Waals surface area contributed by atoms with Gasteiger partial charge >= 0.3 is 23.9 Å². The second kappa shape index (κ2) is 19.8. The van der Waals surface area contributed by atoms with Crippen molar-refractivity contribution in [2.24, 2.45) is 0 Å². The lowest BCUT2D eigenvalue weighted by molar-refractivity contribution is -0.146. The number of anilines is 2. The van der Waals surface area contributed by atoms with Crippen molar-refractivity contribution in [3.05, 3.63) is 47.5 Å². The van der Waals surface area contributed by atoms with E-state index in [2.05, 4.69) is 0 Å². The van der Waals surface area contributed by atoms with E-state index >= 15 is 0 Å². The molecule has 0 aliphatic carbocycles. The van der Waals surface area contributed by atoms with Crippen LogP contribution in [0.5, 0.6) is 11.5 Å². The molecule has 0 aromatic heterocycles. The Labute approximate surface area is 271 Å². The zero-order valence-electron chi connectivity index (χ0n) is 28.1. The minimum absolute atomic E-state index is 0.100. The Morgan fingerprint density at radius 2 is 1.04 bits per heavy atom. The molecule has 2 aromatic carbocycles. The molecule has 12 nitrogen and oxygen atoms in total. The molecule has 0 aliphatic heterocycles. The van der Waals surface area contributed by atoms with Crippen LogP contribution in [-0.4, -0.2) is 89.2 Å². The fourth-order valence-corrected chi connectivity index (χ4v) is 4.69. The van der Waals surface area contributed by atoms with Crippen LogP contribution in [0, 0.1) is 13.8 Å². The normalized spacial score (nSPS) is 11.2. The minimum atomic E-state index is -0.745. The SMILES string of the molecule is CCOC(=O)CN(CC(=O)OCC)c1ccc(C)cc1OCCOc1cc(C)ccc1N(CC(=O)OCC)C(CC)C(=O)OCC. The molecule has 254 valence electrons. The van der Waals surface area contributed by atoms with Gasteiger partial charge in [0, 0.05) is 0 Å². The lowest BCUT2D eigenvalue weighted by Crippen LogP contribution is -2.45. The maximum absolute atomic E-state index is 12.9. The third kappa shape index (κ3) is 11.8. The number of hydrogen-bond acceptors (Lipinski definition) is 12. The van der Waals surface area contributed by atoms with Gasteiger partial charge in [0.15, 0.2) is 0 Å². The predicted octanol–water partition coefficient (Wildman–Crippen LogP) is 4.41. The highest BCUT2D eigenvalue weighted by molar-refractivity contribution is 5.85. The first kappa shape index (κ1) is 37.7. The average Bonchev–Trinajstić information content (AvgIpc) is 2.99. The zero-order chi connectivity index (χ0) is 34.1. The standard InChI is InChI=1S/C34H48N2O10/c1-8-26(34(40)44-12-5)36(23-33(39)43-11-4)28-16-14-25(7)20-30(28)46-18-17-45-29-19-24(6)13-15-27(29)35(21-31(37)41-9-2)22-32(38)42-10-3/h13-16,19-20,26H,8-12,17-18,21-23H2,1-7H3. The monoisotopic (exact) mass is 644 g/mol. The van der Waals surface area contributed by atoms with Crippen LogP contribution in [0.1, 0.15) is 52.2 Å². The molecule has 12 heteroatoms. The van der Waals surface area contributed by atoms with Crippen molar-refractivity contribution in [2.45, 2.75) is 60.9 Å². The van der Waals surface area contributed by atoms with E-state index in [1.807, 2.05) is 45.0 Å². The number of ether oxygens (including phenoxy) is 6. The molecule has 0 spiro atoms. The molecular formula is C34H48N2O10. The van der Waals surface area contributed by atoms with E-state index in [0.29, 0.717) is 29.3 Å². The van der Waals surface area contributed by atoms with Crippen LogP contribution < -0.4 is 19.3 Å². The molecule has 2 aromatic rings. The Kier molecular flexibility index (Phi) is 16.2. The van der Waals surface area contributed by atoms with Gasteiger partial charge in [0.25, 0.3) is 0 Å². The maximum atomic E-state index is 12.9. The molecule has 2 rings (SSSR count). The van der Waals surface area contributed by atoms with Crippen LogP contribution in [0.2, 0.25) is 0 Å². The molecule has 0 bridgehead atoms. The first-order valence-electron chi connectivity index (χ1n) is 15.7. The van der Waals surface area contributed by atoms with E-state index in [1.54, 1.807) is 49.6 Å². The average molecular weight is 645 g/mol. The van der Waals surface area contributed by atoms with Gasteiger partial charge in [-0.3, -0.25) is 14.4 Å². The van der Waals surface area contributed by atoms with Crippen molar-refractivity contribution in [3.63, 3.8) is 0 Å². The smallest absolute Gasteiger partial charge is 0.328 e. The number of aryl methyl sites for hydroxylation is 2. The van der Waals surface area contributed by atoms with Gasteiger partial charge in [-0.1, -0.05) is 19.1 Å². The third-order valence-corrected chi connectivity index (χ3v) is 6.66. The Balaban J connectivity index is 2.33. The number of benzene rings is 2. The Morgan fingerprint density at radius 1 is 0.609 bits per heavy atom. The summed E-state index contributed by atoms with van der Waals surface area (Å²) < 4.78 is 33.1. The number of nitrogens with zero attached hydrogens (tertiary/aromatic N) is 2. The van der Waals surface area contributed by atoms with Gasteiger partial charge < -0.3 is 38.2 Å². The largest absolute Gasteiger partial charge is 0.488 e. The van der Waals surface area contributed by atoms with Gasteiger partial charge in [-0.25, -0.2) is 4.79 Å². The van der Waals surface area contributed by atoms with Gasteiger partial charge in [0.2, 0.25) is 0 Å². The lowest BCUT2D eigenvalue weighted by Gasteiger charge is -2.32. The third-order valence-electron chi connectivity index (χ3n) is 6.66. The van der Waals surface area contributed by atoms with Crippen molar-refractivity contribution in [1.82, 2.24) is 0 Å². The first-order valence-corrected chi connectivity index (χ1v) is 15.7. The van der Waals surface area contributed by atoms with Crippen molar-refractivity contribution >= 4 is 35.3 Å². The number of rotatable bonds is 20. The van der Waals surface area contributed by atoms with Gasteiger partial charge in [-0.15, -0.1) is 0 Å². The second-order valence-electron chi connectivity index (χ2n) is 10.2. The van der Waals surface area contributed by atoms with Crippen LogP contribution >= 0.6 is 0 Å². The second-order valence-corrected chi connectivity index (χ2v) is 10.2. The highest BCUT2D eigenvalue weighted by atomic mass is 16.5. The molecular weight excluding hydrogens is 596 g/mol. The molecule has 0 amide bonds. The van der Waals surface area contributed by atoms with E-state index in [4.69, 9.17) is 28.4 Å². The molecule has 1 atom stereocenters. The molecule has 0 saturated heterocycles. The van der Waals surface area contributed by atoms with E-state index < -0.39 is 29.9 Å². The highest BCUT2D eigenvalue weighted by Crippen LogP contribution is 2.33. The van der Waals surface area contributed by atoms with Crippen LogP contribution in [0.25, 0.3) is 0 Å². The fraction of sp³-hybridized carbons (Fsp3) is 0.529. The van der Waals surface area contributed by atoms with Crippen LogP contribution in [0.15, 0.2) is 36.4 Å². The minimum Gasteiger partial charge on any atom is -0.488 e. The summed E-state index contributed by atoms with van der Waals surface area (Å²) in [4.78, 5) is 53.5.